The predicted molar refractivity (Wildman–Crippen MR) is 66.9 cm³/mol. The minimum absolute atomic E-state index is 0.0643. The maximum Gasteiger partial charge on any atom is 0.316 e. The summed E-state index contributed by atoms with van der Waals surface area (Å²) in [4.78, 5) is 14.2. The monoisotopic (exact) mass is 233 g/mol. The van der Waals surface area contributed by atoms with Gasteiger partial charge in [-0.3, -0.25) is 4.79 Å². The molecule has 17 heavy (non-hydrogen) atoms. The first-order chi connectivity index (χ1) is 8.15. The van der Waals surface area contributed by atoms with E-state index < -0.39 is 5.41 Å². The summed E-state index contributed by atoms with van der Waals surface area (Å²) in [6.45, 7) is 1.44. The van der Waals surface area contributed by atoms with Crippen LogP contribution < -0.4 is 0 Å². The molecule has 0 radical (unpaired) electrons. The summed E-state index contributed by atoms with van der Waals surface area (Å²) in [6, 6.07) is 10.0. The average molecular weight is 233 g/mol. The SMILES string of the molecule is CN(C)CCC1(c2ccccc2)CCOC1=O. The number of esters is 1. The van der Waals surface area contributed by atoms with Crippen LogP contribution in [0.2, 0.25) is 0 Å². The van der Waals surface area contributed by atoms with E-state index in [2.05, 4.69) is 4.90 Å². The smallest absolute Gasteiger partial charge is 0.316 e. The van der Waals surface area contributed by atoms with Gasteiger partial charge in [0.25, 0.3) is 0 Å². The molecular formula is C14H19NO2. The number of ether oxygens (including phenoxy) is 1. The molecule has 0 bridgehead atoms. The van der Waals surface area contributed by atoms with Crippen LogP contribution in [0, 0.1) is 0 Å². The van der Waals surface area contributed by atoms with Gasteiger partial charge in [-0.05, 0) is 32.6 Å². The van der Waals surface area contributed by atoms with Crippen molar-refractivity contribution in [1.82, 2.24) is 4.90 Å². The van der Waals surface area contributed by atoms with Crippen LogP contribution in [0.5, 0.6) is 0 Å². The molecule has 2 rings (SSSR count). The van der Waals surface area contributed by atoms with Crippen molar-refractivity contribution in [1.29, 1.82) is 0 Å². The molecule has 1 aliphatic rings. The van der Waals surface area contributed by atoms with E-state index in [0.717, 1.165) is 24.9 Å². The van der Waals surface area contributed by atoms with E-state index in [1.54, 1.807) is 0 Å². The van der Waals surface area contributed by atoms with Gasteiger partial charge in [-0.15, -0.1) is 0 Å². The Balaban J connectivity index is 2.28. The van der Waals surface area contributed by atoms with Gasteiger partial charge in [-0.25, -0.2) is 0 Å². The lowest BCUT2D eigenvalue weighted by Crippen LogP contribution is -2.35. The van der Waals surface area contributed by atoms with E-state index in [1.165, 1.54) is 0 Å². The van der Waals surface area contributed by atoms with Crippen molar-refractivity contribution in [3.63, 3.8) is 0 Å². The average Bonchev–Trinajstić information content (AvgIpc) is 2.70. The molecule has 1 aromatic carbocycles. The molecule has 3 heteroatoms. The topological polar surface area (TPSA) is 29.5 Å². The van der Waals surface area contributed by atoms with E-state index >= 15 is 0 Å². The largest absolute Gasteiger partial charge is 0.465 e. The van der Waals surface area contributed by atoms with Crippen LogP contribution in [0.1, 0.15) is 18.4 Å². The fourth-order valence-corrected chi connectivity index (χ4v) is 2.36. The first kappa shape index (κ1) is 12.1. The summed E-state index contributed by atoms with van der Waals surface area (Å²) in [5, 5.41) is 0. The zero-order valence-electron chi connectivity index (χ0n) is 10.5. The molecule has 1 atom stereocenters. The highest BCUT2D eigenvalue weighted by molar-refractivity contribution is 5.85. The van der Waals surface area contributed by atoms with Crippen LogP contribution in [0.15, 0.2) is 30.3 Å². The summed E-state index contributed by atoms with van der Waals surface area (Å²) in [5.74, 6) is -0.0643. The molecule has 1 heterocycles. The van der Waals surface area contributed by atoms with Crippen molar-refractivity contribution in [2.24, 2.45) is 0 Å². The van der Waals surface area contributed by atoms with Crippen molar-refractivity contribution < 1.29 is 9.53 Å². The number of rotatable bonds is 4. The van der Waals surface area contributed by atoms with Crippen LogP contribution in [0.4, 0.5) is 0 Å². The summed E-state index contributed by atoms with van der Waals surface area (Å²) < 4.78 is 5.20. The number of carbonyl (C=O) groups is 1. The molecule has 1 saturated heterocycles. The number of carbonyl (C=O) groups excluding carboxylic acids is 1. The van der Waals surface area contributed by atoms with Gasteiger partial charge in [0.15, 0.2) is 0 Å². The number of hydrogen-bond acceptors (Lipinski definition) is 3. The van der Waals surface area contributed by atoms with Crippen LogP contribution in [-0.4, -0.2) is 38.1 Å². The Bertz CT molecular complexity index is 388. The van der Waals surface area contributed by atoms with Gasteiger partial charge >= 0.3 is 5.97 Å². The van der Waals surface area contributed by atoms with Gasteiger partial charge in [0.1, 0.15) is 0 Å². The molecule has 0 aliphatic carbocycles. The zero-order valence-corrected chi connectivity index (χ0v) is 10.5. The fraction of sp³-hybridized carbons (Fsp3) is 0.500. The Morgan fingerprint density at radius 3 is 2.53 bits per heavy atom. The zero-order chi connectivity index (χ0) is 12.3. The van der Waals surface area contributed by atoms with Gasteiger partial charge in [-0.2, -0.15) is 0 Å². The van der Waals surface area contributed by atoms with Gasteiger partial charge in [-0.1, -0.05) is 30.3 Å². The first-order valence-corrected chi connectivity index (χ1v) is 6.03. The summed E-state index contributed by atoms with van der Waals surface area (Å²) in [6.07, 6.45) is 1.62. The summed E-state index contributed by atoms with van der Waals surface area (Å²) >= 11 is 0. The van der Waals surface area contributed by atoms with Gasteiger partial charge in [0, 0.05) is 6.42 Å². The molecule has 3 nitrogen and oxygen atoms in total. The number of benzene rings is 1. The van der Waals surface area contributed by atoms with E-state index in [4.69, 9.17) is 4.74 Å². The lowest BCUT2D eigenvalue weighted by atomic mass is 9.76. The standard InChI is InChI=1S/C14H19NO2/c1-15(2)10-8-14(9-11-17-13(14)16)12-6-4-3-5-7-12/h3-7H,8-11H2,1-2H3. The Labute approximate surface area is 102 Å². The molecule has 0 N–H and O–H groups in total. The van der Waals surface area contributed by atoms with Crippen molar-refractivity contribution in [3.8, 4) is 0 Å². The Morgan fingerprint density at radius 1 is 1.29 bits per heavy atom. The van der Waals surface area contributed by atoms with E-state index in [9.17, 15) is 4.79 Å². The first-order valence-electron chi connectivity index (χ1n) is 6.03. The molecule has 0 saturated carbocycles. The second kappa shape index (κ2) is 4.88. The molecule has 92 valence electrons. The Morgan fingerprint density at radius 2 is 2.00 bits per heavy atom. The van der Waals surface area contributed by atoms with Crippen LogP contribution in [0.25, 0.3) is 0 Å². The van der Waals surface area contributed by atoms with Crippen molar-refractivity contribution in [3.05, 3.63) is 35.9 Å². The molecule has 1 aromatic rings. The summed E-state index contributed by atoms with van der Waals surface area (Å²) in [7, 11) is 4.05. The third-order valence-electron chi connectivity index (χ3n) is 3.46. The molecule has 1 aliphatic heterocycles. The van der Waals surface area contributed by atoms with Gasteiger partial charge < -0.3 is 9.64 Å². The number of nitrogens with zero attached hydrogens (tertiary/aromatic N) is 1. The molecule has 1 fully saturated rings. The molecule has 0 spiro atoms. The van der Waals surface area contributed by atoms with E-state index in [0.29, 0.717) is 6.61 Å². The Kier molecular flexibility index (Phi) is 3.48. The van der Waals surface area contributed by atoms with Crippen molar-refractivity contribution in [2.45, 2.75) is 18.3 Å². The quantitative estimate of drug-likeness (QED) is 0.743. The molecule has 0 aromatic heterocycles. The third-order valence-corrected chi connectivity index (χ3v) is 3.46. The van der Waals surface area contributed by atoms with Crippen LogP contribution in [-0.2, 0) is 14.9 Å². The lowest BCUT2D eigenvalue weighted by Gasteiger charge is -2.26. The predicted octanol–water partition coefficient (Wildman–Crippen LogP) is 1.82. The van der Waals surface area contributed by atoms with Crippen LogP contribution in [0.3, 0.4) is 0 Å². The van der Waals surface area contributed by atoms with Gasteiger partial charge in [0.2, 0.25) is 0 Å². The molecule has 0 amide bonds. The summed E-state index contributed by atoms with van der Waals surface area (Å²) in [5.41, 5.74) is 0.662. The minimum Gasteiger partial charge on any atom is -0.465 e. The minimum atomic E-state index is -0.425. The van der Waals surface area contributed by atoms with E-state index in [1.807, 2.05) is 44.4 Å². The van der Waals surface area contributed by atoms with Crippen molar-refractivity contribution in [2.75, 3.05) is 27.2 Å². The number of hydrogen-bond donors (Lipinski definition) is 0. The molecule has 1 unspecified atom stereocenters. The third kappa shape index (κ3) is 2.34. The second-order valence-corrected chi connectivity index (χ2v) is 4.89. The van der Waals surface area contributed by atoms with Crippen molar-refractivity contribution >= 4 is 5.97 Å². The normalized spacial score (nSPS) is 24.1. The highest BCUT2D eigenvalue weighted by atomic mass is 16.5. The van der Waals surface area contributed by atoms with Gasteiger partial charge in [0.05, 0.1) is 12.0 Å². The van der Waals surface area contributed by atoms with E-state index in [-0.39, 0.29) is 5.97 Å². The number of cyclic esters (lactones) is 1. The van der Waals surface area contributed by atoms with Crippen LogP contribution >= 0.6 is 0 Å². The maximum absolute atomic E-state index is 12.1. The fourth-order valence-electron chi connectivity index (χ4n) is 2.36. The molecular weight excluding hydrogens is 214 g/mol. The second-order valence-electron chi connectivity index (χ2n) is 4.89. The highest BCUT2D eigenvalue weighted by Gasteiger charge is 2.45. The lowest BCUT2D eigenvalue weighted by molar-refractivity contribution is -0.143. The highest BCUT2D eigenvalue weighted by Crippen LogP contribution is 2.37. The maximum atomic E-state index is 12.1. The Hall–Kier alpha value is -1.35.